The topological polar surface area (TPSA) is 78.0 Å². The van der Waals surface area contributed by atoms with Crippen LogP contribution in [0.15, 0.2) is 18.5 Å². The maximum absolute atomic E-state index is 12.0. The van der Waals surface area contributed by atoms with Crippen molar-refractivity contribution < 1.29 is 23.8 Å². The summed E-state index contributed by atoms with van der Waals surface area (Å²) in [4.78, 5) is 29.1. The molecule has 0 aromatic carbocycles. The molecular weight excluding hydrogens is 300 g/mol. The number of hydrogen-bond donors (Lipinski definition) is 0. The Balaban J connectivity index is 1.93. The average Bonchev–Trinajstić information content (AvgIpc) is 2.93. The van der Waals surface area contributed by atoms with Gasteiger partial charge in [-0.25, -0.2) is 9.59 Å². The first-order chi connectivity index (χ1) is 10.8. The monoisotopic (exact) mass is 322 g/mol. The number of methoxy groups -OCH3 is 1. The van der Waals surface area contributed by atoms with Gasteiger partial charge in [-0.3, -0.25) is 4.98 Å². The number of amides is 1. The third kappa shape index (κ3) is 4.84. The van der Waals surface area contributed by atoms with E-state index in [1.165, 1.54) is 19.5 Å². The van der Waals surface area contributed by atoms with E-state index in [1.807, 2.05) is 20.8 Å². The number of likely N-dealkylation sites (tertiary alicyclic amines) is 1. The van der Waals surface area contributed by atoms with Crippen molar-refractivity contribution in [3.8, 4) is 5.75 Å². The molecule has 7 nitrogen and oxygen atoms in total. The normalized spacial score (nSPS) is 17.7. The van der Waals surface area contributed by atoms with Crippen molar-refractivity contribution in [2.45, 2.75) is 38.9 Å². The van der Waals surface area contributed by atoms with Gasteiger partial charge in [0.05, 0.1) is 25.4 Å². The molecule has 0 radical (unpaired) electrons. The summed E-state index contributed by atoms with van der Waals surface area (Å²) in [6, 6.07) is 1.58. The second-order valence-electron chi connectivity index (χ2n) is 6.36. The van der Waals surface area contributed by atoms with Crippen molar-refractivity contribution in [3.05, 3.63) is 24.0 Å². The Hall–Kier alpha value is -2.31. The molecule has 0 aliphatic carbocycles. The van der Waals surface area contributed by atoms with E-state index in [0.29, 0.717) is 30.8 Å². The molecule has 2 heterocycles. The van der Waals surface area contributed by atoms with E-state index in [1.54, 1.807) is 11.0 Å². The highest BCUT2D eigenvalue weighted by molar-refractivity contribution is 5.89. The fourth-order valence-corrected chi connectivity index (χ4v) is 2.22. The van der Waals surface area contributed by atoms with Gasteiger partial charge in [0.15, 0.2) is 0 Å². The Morgan fingerprint density at radius 1 is 1.30 bits per heavy atom. The van der Waals surface area contributed by atoms with Gasteiger partial charge in [0.1, 0.15) is 17.5 Å². The van der Waals surface area contributed by atoms with Crippen LogP contribution in [0, 0.1) is 0 Å². The van der Waals surface area contributed by atoms with Crippen molar-refractivity contribution in [3.63, 3.8) is 0 Å². The third-order valence-corrected chi connectivity index (χ3v) is 3.23. The Bertz CT molecular complexity index is 582. The number of rotatable bonds is 3. The molecule has 1 aromatic rings. The highest BCUT2D eigenvalue weighted by Crippen LogP contribution is 2.20. The predicted molar refractivity (Wildman–Crippen MR) is 82.4 cm³/mol. The van der Waals surface area contributed by atoms with Crippen LogP contribution >= 0.6 is 0 Å². The van der Waals surface area contributed by atoms with Crippen LogP contribution in [0.2, 0.25) is 0 Å². The van der Waals surface area contributed by atoms with E-state index in [9.17, 15) is 9.59 Å². The summed E-state index contributed by atoms with van der Waals surface area (Å²) in [7, 11) is 1.31. The minimum Gasteiger partial charge on any atom is -0.487 e. The number of carbonyl (C=O) groups excluding carboxylic acids is 2. The van der Waals surface area contributed by atoms with Crippen molar-refractivity contribution in [1.29, 1.82) is 0 Å². The summed E-state index contributed by atoms with van der Waals surface area (Å²) < 4.78 is 15.8. The second-order valence-corrected chi connectivity index (χ2v) is 6.36. The number of carbonyl (C=O) groups is 2. The quantitative estimate of drug-likeness (QED) is 0.794. The number of esters is 1. The Morgan fingerprint density at radius 2 is 2.04 bits per heavy atom. The molecule has 0 spiro atoms. The van der Waals surface area contributed by atoms with Gasteiger partial charge >= 0.3 is 12.1 Å². The summed E-state index contributed by atoms with van der Waals surface area (Å²) in [6.07, 6.45) is 3.15. The molecule has 1 saturated heterocycles. The number of pyridine rings is 1. The van der Waals surface area contributed by atoms with Crippen LogP contribution in [-0.2, 0) is 9.47 Å². The molecule has 1 fully saturated rings. The molecule has 23 heavy (non-hydrogen) atoms. The number of ether oxygens (including phenoxy) is 3. The molecule has 0 bridgehead atoms. The van der Waals surface area contributed by atoms with Gasteiger partial charge in [-0.15, -0.1) is 0 Å². The van der Waals surface area contributed by atoms with Crippen molar-refractivity contribution in [2.24, 2.45) is 0 Å². The molecule has 0 unspecified atom stereocenters. The van der Waals surface area contributed by atoms with Gasteiger partial charge in [-0.05, 0) is 26.8 Å². The first-order valence-electron chi connectivity index (χ1n) is 7.46. The highest BCUT2D eigenvalue weighted by Gasteiger charge is 2.31. The van der Waals surface area contributed by atoms with E-state index < -0.39 is 11.6 Å². The summed E-state index contributed by atoms with van der Waals surface area (Å²) in [5, 5.41) is 0. The minimum absolute atomic E-state index is 0.155. The van der Waals surface area contributed by atoms with Crippen LogP contribution in [0.25, 0.3) is 0 Å². The third-order valence-electron chi connectivity index (χ3n) is 3.23. The number of aromatic nitrogens is 1. The summed E-state index contributed by atoms with van der Waals surface area (Å²) in [5.74, 6) is 0.00805. The van der Waals surface area contributed by atoms with Crippen molar-refractivity contribution >= 4 is 12.1 Å². The number of hydrogen-bond acceptors (Lipinski definition) is 6. The fourth-order valence-electron chi connectivity index (χ4n) is 2.22. The lowest BCUT2D eigenvalue weighted by molar-refractivity contribution is 0.0275. The highest BCUT2D eigenvalue weighted by atomic mass is 16.6. The fraction of sp³-hybridized carbons (Fsp3) is 0.562. The summed E-state index contributed by atoms with van der Waals surface area (Å²) in [5.41, 5.74) is -0.193. The first-order valence-corrected chi connectivity index (χ1v) is 7.46. The van der Waals surface area contributed by atoms with E-state index >= 15 is 0 Å². The zero-order chi connectivity index (χ0) is 17.0. The molecule has 0 N–H and O–H groups in total. The molecule has 1 amide bonds. The molecule has 7 heteroatoms. The van der Waals surface area contributed by atoms with Crippen LogP contribution in [0.4, 0.5) is 4.79 Å². The van der Waals surface area contributed by atoms with E-state index in [-0.39, 0.29) is 12.2 Å². The van der Waals surface area contributed by atoms with E-state index in [0.717, 1.165) is 0 Å². The van der Waals surface area contributed by atoms with Gasteiger partial charge < -0.3 is 19.1 Å². The van der Waals surface area contributed by atoms with Gasteiger partial charge in [-0.1, -0.05) is 0 Å². The molecule has 1 aliphatic rings. The van der Waals surface area contributed by atoms with Crippen LogP contribution < -0.4 is 4.74 Å². The van der Waals surface area contributed by atoms with Crippen LogP contribution in [0.5, 0.6) is 5.75 Å². The molecule has 126 valence electrons. The maximum atomic E-state index is 12.0. The Labute approximate surface area is 135 Å². The number of nitrogens with zero attached hydrogens (tertiary/aromatic N) is 2. The van der Waals surface area contributed by atoms with E-state index in [4.69, 9.17) is 9.47 Å². The van der Waals surface area contributed by atoms with Crippen LogP contribution in [0.1, 0.15) is 37.6 Å². The van der Waals surface area contributed by atoms with Crippen molar-refractivity contribution in [2.75, 3.05) is 20.2 Å². The van der Waals surface area contributed by atoms with Gasteiger partial charge in [0, 0.05) is 19.2 Å². The minimum atomic E-state index is -0.519. The first kappa shape index (κ1) is 17.1. The molecule has 0 saturated carbocycles. The van der Waals surface area contributed by atoms with Gasteiger partial charge in [-0.2, -0.15) is 0 Å². The van der Waals surface area contributed by atoms with E-state index in [2.05, 4.69) is 9.72 Å². The van der Waals surface area contributed by atoms with Gasteiger partial charge in [0.25, 0.3) is 0 Å². The average molecular weight is 322 g/mol. The molecule has 2 rings (SSSR count). The molecule has 1 aliphatic heterocycles. The Morgan fingerprint density at radius 3 is 2.70 bits per heavy atom. The Kier molecular flexibility index (Phi) is 5.08. The molecule has 1 aromatic heterocycles. The van der Waals surface area contributed by atoms with Crippen LogP contribution in [0.3, 0.4) is 0 Å². The second kappa shape index (κ2) is 6.85. The zero-order valence-electron chi connectivity index (χ0n) is 13.9. The van der Waals surface area contributed by atoms with Crippen LogP contribution in [-0.4, -0.2) is 53.9 Å². The summed E-state index contributed by atoms with van der Waals surface area (Å²) in [6.45, 7) is 6.51. The predicted octanol–water partition coefficient (Wildman–Crippen LogP) is 2.26. The summed E-state index contributed by atoms with van der Waals surface area (Å²) >= 11 is 0. The largest absolute Gasteiger partial charge is 0.487 e. The lowest BCUT2D eigenvalue weighted by atomic mass is 10.2. The standard InChI is InChI=1S/C16H22N2O5/c1-16(2,3)23-15(20)18-6-5-12(10-18)22-13-7-11(8-17-9-13)14(19)21-4/h7-9,12H,5-6,10H2,1-4H3/t12-/m1/s1. The molecular formula is C16H22N2O5. The maximum Gasteiger partial charge on any atom is 0.410 e. The smallest absolute Gasteiger partial charge is 0.410 e. The lowest BCUT2D eigenvalue weighted by Crippen LogP contribution is -2.36. The lowest BCUT2D eigenvalue weighted by Gasteiger charge is -2.24. The SMILES string of the molecule is COC(=O)c1cncc(O[C@@H]2CCN(C(=O)OC(C)(C)C)C2)c1. The van der Waals surface area contributed by atoms with Crippen molar-refractivity contribution in [1.82, 2.24) is 9.88 Å². The molecule has 1 atom stereocenters. The zero-order valence-corrected chi connectivity index (χ0v) is 13.9. The van der Waals surface area contributed by atoms with Gasteiger partial charge in [0.2, 0.25) is 0 Å².